The number of ether oxygens (including phenoxy) is 1. The summed E-state index contributed by atoms with van der Waals surface area (Å²) in [6, 6.07) is 4.34. The van der Waals surface area contributed by atoms with Crippen molar-refractivity contribution in [2.45, 2.75) is 20.3 Å². The van der Waals surface area contributed by atoms with Crippen molar-refractivity contribution in [3.8, 4) is 5.75 Å². The second kappa shape index (κ2) is 6.59. The van der Waals surface area contributed by atoms with Crippen molar-refractivity contribution in [3.63, 3.8) is 0 Å². The second-order valence-electron chi connectivity index (χ2n) is 4.47. The van der Waals surface area contributed by atoms with Crippen molar-refractivity contribution < 1.29 is 4.74 Å². The highest BCUT2D eigenvalue weighted by Gasteiger charge is 2.08. The van der Waals surface area contributed by atoms with Gasteiger partial charge < -0.3 is 4.74 Å². The van der Waals surface area contributed by atoms with Crippen LogP contribution in [0.5, 0.6) is 5.75 Å². The molecule has 0 aliphatic rings. The largest absolute Gasteiger partial charge is 0.496 e. The first-order valence-corrected chi connectivity index (χ1v) is 5.84. The number of rotatable bonds is 6. The van der Waals surface area contributed by atoms with Crippen molar-refractivity contribution in [2.24, 2.45) is 5.84 Å². The van der Waals surface area contributed by atoms with Crippen molar-refractivity contribution >= 4 is 0 Å². The number of hydrogen-bond acceptors (Lipinski definition) is 4. The molecule has 0 aromatic heterocycles. The Morgan fingerprint density at radius 2 is 2.06 bits per heavy atom. The average Bonchev–Trinajstić information content (AvgIpc) is 2.26. The summed E-state index contributed by atoms with van der Waals surface area (Å²) < 4.78 is 5.46. The maximum Gasteiger partial charge on any atom is 0.125 e. The van der Waals surface area contributed by atoms with Gasteiger partial charge in [-0.2, -0.15) is 0 Å². The van der Waals surface area contributed by atoms with Gasteiger partial charge in [0, 0.05) is 6.54 Å². The molecule has 3 N–H and O–H groups in total. The lowest BCUT2D eigenvalue weighted by Crippen LogP contribution is -2.36. The van der Waals surface area contributed by atoms with Crippen molar-refractivity contribution in [3.05, 3.63) is 28.8 Å². The maximum absolute atomic E-state index is 5.46. The minimum Gasteiger partial charge on any atom is -0.496 e. The number of likely N-dealkylation sites (N-methyl/N-ethyl adjacent to an activating group) is 1. The third kappa shape index (κ3) is 4.00. The standard InChI is InChI=1S/C13H23N3O/c1-10-7-11(2)13(17-4)12(8-10)5-6-16(3)9-15-14/h7-8,15H,5-6,9,14H2,1-4H3. The highest BCUT2D eigenvalue weighted by atomic mass is 16.5. The van der Waals surface area contributed by atoms with Crippen LogP contribution in [0.25, 0.3) is 0 Å². The first-order chi connectivity index (χ1) is 8.08. The van der Waals surface area contributed by atoms with Crippen LogP contribution in [0, 0.1) is 13.8 Å². The summed E-state index contributed by atoms with van der Waals surface area (Å²) in [5, 5.41) is 0. The van der Waals surface area contributed by atoms with E-state index in [1.165, 1.54) is 16.7 Å². The van der Waals surface area contributed by atoms with Gasteiger partial charge >= 0.3 is 0 Å². The fourth-order valence-corrected chi connectivity index (χ4v) is 2.07. The third-order valence-electron chi connectivity index (χ3n) is 2.82. The van der Waals surface area contributed by atoms with E-state index in [1.54, 1.807) is 7.11 Å². The molecular formula is C13H23N3O. The summed E-state index contributed by atoms with van der Waals surface area (Å²) in [6.07, 6.45) is 0.962. The van der Waals surface area contributed by atoms with Gasteiger partial charge in [0.25, 0.3) is 0 Å². The van der Waals surface area contributed by atoms with Gasteiger partial charge in [-0.05, 0) is 38.4 Å². The average molecular weight is 237 g/mol. The summed E-state index contributed by atoms with van der Waals surface area (Å²) in [6.45, 7) is 5.83. The molecule has 0 amide bonds. The maximum atomic E-state index is 5.46. The predicted molar refractivity (Wildman–Crippen MR) is 71.0 cm³/mol. The molecule has 0 bridgehead atoms. The van der Waals surface area contributed by atoms with Gasteiger partial charge in [-0.25, -0.2) is 5.43 Å². The Bertz CT molecular complexity index is 366. The van der Waals surface area contributed by atoms with Gasteiger partial charge in [-0.1, -0.05) is 17.7 Å². The molecule has 0 saturated heterocycles. The normalized spacial score (nSPS) is 10.9. The van der Waals surface area contributed by atoms with Gasteiger partial charge in [0.2, 0.25) is 0 Å². The van der Waals surface area contributed by atoms with Gasteiger partial charge in [0.1, 0.15) is 5.75 Å². The Morgan fingerprint density at radius 1 is 1.35 bits per heavy atom. The molecule has 0 atom stereocenters. The smallest absolute Gasteiger partial charge is 0.125 e. The lowest BCUT2D eigenvalue weighted by molar-refractivity contribution is 0.310. The zero-order valence-corrected chi connectivity index (χ0v) is 11.2. The summed E-state index contributed by atoms with van der Waals surface area (Å²) in [5.74, 6) is 6.29. The van der Waals surface area contributed by atoms with Crippen LogP contribution in [-0.4, -0.2) is 32.3 Å². The summed E-state index contributed by atoms with van der Waals surface area (Å²) in [7, 11) is 3.77. The summed E-state index contributed by atoms with van der Waals surface area (Å²) in [4.78, 5) is 2.14. The van der Waals surface area contributed by atoms with E-state index >= 15 is 0 Å². The molecule has 1 aromatic rings. The van der Waals surface area contributed by atoms with Gasteiger partial charge in [0.05, 0.1) is 13.8 Å². The van der Waals surface area contributed by atoms with Gasteiger partial charge in [-0.15, -0.1) is 0 Å². The molecule has 0 saturated carbocycles. The lowest BCUT2D eigenvalue weighted by Gasteiger charge is -2.18. The quantitative estimate of drug-likeness (QED) is 0.443. The van der Waals surface area contributed by atoms with Crippen LogP contribution in [0.2, 0.25) is 0 Å². The van der Waals surface area contributed by atoms with Crippen LogP contribution in [0.15, 0.2) is 12.1 Å². The van der Waals surface area contributed by atoms with Crippen molar-refractivity contribution in [1.29, 1.82) is 0 Å². The Balaban J connectivity index is 2.75. The number of methoxy groups -OCH3 is 1. The van der Waals surface area contributed by atoms with Gasteiger partial charge in [-0.3, -0.25) is 10.7 Å². The van der Waals surface area contributed by atoms with E-state index in [2.05, 4.69) is 36.3 Å². The molecule has 96 valence electrons. The number of hydrogen-bond donors (Lipinski definition) is 2. The number of nitrogens with zero attached hydrogens (tertiary/aromatic N) is 1. The number of aryl methyl sites for hydroxylation is 2. The number of nitrogens with one attached hydrogen (secondary N) is 1. The minimum absolute atomic E-state index is 0.688. The van der Waals surface area contributed by atoms with Crippen LogP contribution in [0.3, 0.4) is 0 Å². The fraction of sp³-hybridized carbons (Fsp3) is 0.538. The Kier molecular flexibility index (Phi) is 5.41. The first-order valence-electron chi connectivity index (χ1n) is 5.84. The topological polar surface area (TPSA) is 50.5 Å². The number of nitrogens with two attached hydrogens (primary N) is 1. The Hall–Kier alpha value is -1.10. The lowest BCUT2D eigenvalue weighted by atomic mass is 10.0. The molecule has 0 unspecified atom stereocenters. The molecular weight excluding hydrogens is 214 g/mol. The van der Waals surface area contributed by atoms with Crippen LogP contribution in [-0.2, 0) is 6.42 Å². The molecule has 0 aliphatic heterocycles. The molecule has 0 heterocycles. The SMILES string of the molecule is COc1c(C)cc(C)cc1CCN(C)CNN. The van der Waals surface area contributed by atoms with Gasteiger partial charge in [0.15, 0.2) is 0 Å². The van der Waals surface area contributed by atoms with E-state index in [1.807, 2.05) is 7.05 Å². The molecule has 4 heteroatoms. The molecule has 0 aliphatic carbocycles. The molecule has 0 radical (unpaired) electrons. The fourth-order valence-electron chi connectivity index (χ4n) is 2.07. The third-order valence-corrected chi connectivity index (χ3v) is 2.82. The van der Waals surface area contributed by atoms with Crippen molar-refractivity contribution in [2.75, 3.05) is 27.4 Å². The minimum atomic E-state index is 0.688. The molecule has 1 rings (SSSR count). The molecule has 0 fully saturated rings. The predicted octanol–water partition coefficient (Wildman–Crippen LogP) is 1.21. The van der Waals surface area contributed by atoms with E-state index in [-0.39, 0.29) is 0 Å². The number of hydrazine groups is 1. The summed E-state index contributed by atoms with van der Waals surface area (Å²) in [5.41, 5.74) is 6.38. The Labute approximate surface area is 104 Å². The zero-order chi connectivity index (χ0) is 12.8. The van der Waals surface area contributed by atoms with Crippen LogP contribution >= 0.6 is 0 Å². The zero-order valence-electron chi connectivity index (χ0n) is 11.2. The Morgan fingerprint density at radius 3 is 2.65 bits per heavy atom. The molecule has 0 spiro atoms. The van der Waals surface area contributed by atoms with Crippen molar-refractivity contribution in [1.82, 2.24) is 10.3 Å². The molecule has 17 heavy (non-hydrogen) atoms. The molecule has 4 nitrogen and oxygen atoms in total. The molecule has 1 aromatic carbocycles. The number of benzene rings is 1. The van der Waals surface area contributed by atoms with E-state index in [0.717, 1.165) is 18.7 Å². The second-order valence-corrected chi connectivity index (χ2v) is 4.47. The highest BCUT2D eigenvalue weighted by molar-refractivity contribution is 5.43. The van der Waals surface area contributed by atoms with Crippen LogP contribution in [0.1, 0.15) is 16.7 Å². The van der Waals surface area contributed by atoms with Crippen LogP contribution in [0.4, 0.5) is 0 Å². The van der Waals surface area contributed by atoms with Crippen LogP contribution < -0.4 is 16.0 Å². The highest BCUT2D eigenvalue weighted by Crippen LogP contribution is 2.25. The monoisotopic (exact) mass is 237 g/mol. The summed E-state index contributed by atoms with van der Waals surface area (Å²) >= 11 is 0. The van der Waals surface area contributed by atoms with E-state index in [9.17, 15) is 0 Å². The van der Waals surface area contributed by atoms with E-state index in [4.69, 9.17) is 10.6 Å². The first kappa shape index (κ1) is 14.0. The van der Waals surface area contributed by atoms with E-state index < -0.39 is 0 Å². The van der Waals surface area contributed by atoms with E-state index in [0.29, 0.717) is 6.67 Å².